The maximum Gasteiger partial charge on any atom is 0.322 e. The molecular formula is C12H9ClFN5O. The number of anilines is 2. The van der Waals surface area contributed by atoms with Crippen molar-refractivity contribution in [3.63, 3.8) is 0 Å². The first-order valence-electron chi connectivity index (χ1n) is 5.63. The van der Waals surface area contributed by atoms with Crippen LogP contribution in [0.2, 0.25) is 5.28 Å². The van der Waals surface area contributed by atoms with Crippen molar-refractivity contribution in [1.29, 1.82) is 5.26 Å². The minimum atomic E-state index is -0.596. The molecule has 2 rings (SSSR count). The number of nitriles is 1. The van der Waals surface area contributed by atoms with Gasteiger partial charge in [0.05, 0.1) is 12.2 Å². The highest BCUT2D eigenvalue weighted by molar-refractivity contribution is 6.28. The molecule has 0 aliphatic rings. The summed E-state index contributed by atoms with van der Waals surface area (Å²) in [6, 6.07) is 5.79. The lowest BCUT2D eigenvalue weighted by atomic mass is 10.2. The van der Waals surface area contributed by atoms with E-state index in [-0.39, 0.29) is 22.8 Å². The van der Waals surface area contributed by atoms with Gasteiger partial charge in [0, 0.05) is 5.69 Å². The number of nitrogens with one attached hydrogen (secondary N) is 1. The Morgan fingerprint density at radius 3 is 2.90 bits per heavy atom. The number of halogens is 2. The maximum atomic E-state index is 13.2. The minimum absolute atomic E-state index is 0.0337. The van der Waals surface area contributed by atoms with Crippen LogP contribution in [-0.4, -0.2) is 21.6 Å². The zero-order valence-corrected chi connectivity index (χ0v) is 11.1. The van der Waals surface area contributed by atoms with Gasteiger partial charge in [-0.15, -0.1) is 0 Å². The zero-order chi connectivity index (χ0) is 14.5. The first-order valence-corrected chi connectivity index (χ1v) is 6.01. The highest BCUT2D eigenvalue weighted by Gasteiger charge is 2.08. The van der Waals surface area contributed by atoms with Gasteiger partial charge in [-0.1, -0.05) is 0 Å². The maximum absolute atomic E-state index is 13.2. The molecule has 8 heteroatoms. The molecule has 1 N–H and O–H groups in total. The molecular weight excluding hydrogens is 285 g/mol. The fourth-order valence-corrected chi connectivity index (χ4v) is 1.55. The average Bonchev–Trinajstić information content (AvgIpc) is 2.40. The zero-order valence-electron chi connectivity index (χ0n) is 10.4. The van der Waals surface area contributed by atoms with Gasteiger partial charge in [-0.3, -0.25) is 0 Å². The summed E-state index contributed by atoms with van der Waals surface area (Å²) in [5, 5.41) is 11.5. The van der Waals surface area contributed by atoms with Crippen LogP contribution in [0.4, 0.5) is 16.0 Å². The first kappa shape index (κ1) is 14.0. The Morgan fingerprint density at radius 2 is 2.20 bits per heavy atom. The van der Waals surface area contributed by atoms with Crippen molar-refractivity contribution in [2.45, 2.75) is 6.92 Å². The highest BCUT2D eigenvalue weighted by atomic mass is 35.5. The lowest BCUT2D eigenvalue weighted by molar-refractivity contribution is 0.312. The Hall–Kier alpha value is -2.46. The largest absolute Gasteiger partial charge is 0.464 e. The standard InChI is InChI=1S/C12H9ClFN5O/c1-2-20-12-18-10(13)17-11(19-12)16-8-3-4-9(14)7(5-8)6-15/h3-5H,2H2,1H3,(H,16,17,18,19). The van der Waals surface area contributed by atoms with Gasteiger partial charge in [0.15, 0.2) is 0 Å². The predicted molar refractivity (Wildman–Crippen MR) is 70.4 cm³/mol. The molecule has 20 heavy (non-hydrogen) atoms. The number of ether oxygens (including phenoxy) is 1. The third-order valence-corrected chi connectivity index (χ3v) is 2.37. The fraction of sp³-hybridized carbons (Fsp3) is 0.167. The molecule has 0 spiro atoms. The molecule has 2 aromatic rings. The van der Waals surface area contributed by atoms with E-state index in [1.54, 1.807) is 13.0 Å². The van der Waals surface area contributed by atoms with Crippen molar-refractivity contribution in [2.75, 3.05) is 11.9 Å². The summed E-state index contributed by atoms with van der Waals surface area (Å²) in [6.07, 6.45) is 0. The lowest BCUT2D eigenvalue weighted by Gasteiger charge is -2.07. The van der Waals surface area contributed by atoms with Crippen LogP contribution in [0.5, 0.6) is 6.01 Å². The SMILES string of the molecule is CCOc1nc(Cl)nc(Nc2ccc(F)c(C#N)c2)n1. The van der Waals surface area contributed by atoms with Gasteiger partial charge in [0.2, 0.25) is 11.2 Å². The van der Waals surface area contributed by atoms with E-state index >= 15 is 0 Å². The van der Waals surface area contributed by atoms with Crippen molar-refractivity contribution in [3.8, 4) is 12.1 Å². The molecule has 1 aromatic carbocycles. The monoisotopic (exact) mass is 293 g/mol. The van der Waals surface area contributed by atoms with Crippen molar-refractivity contribution >= 4 is 23.2 Å². The number of benzene rings is 1. The normalized spacial score (nSPS) is 9.90. The van der Waals surface area contributed by atoms with E-state index in [0.717, 1.165) is 0 Å². The smallest absolute Gasteiger partial charge is 0.322 e. The summed E-state index contributed by atoms with van der Waals surface area (Å²) < 4.78 is 18.3. The van der Waals surface area contributed by atoms with Crippen LogP contribution in [-0.2, 0) is 0 Å². The van der Waals surface area contributed by atoms with Crippen LogP contribution in [0.3, 0.4) is 0 Å². The summed E-state index contributed by atoms with van der Waals surface area (Å²) in [6.45, 7) is 2.17. The molecule has 0 aliphatic carbocycles. The Labute approximate surface area is 119 Å². The van der Waals surface area contributed by atoms with Gasteiger partial charge in [-0.2, -0.15) is 20.2 Å². The van der Waals surface area contributed by atoms with Crippen LogP contribution in [0.1, 0.15) is 12.5 Å². The Kier molecular flexibility index (Phi) is 4.27. The second kappa shape index (κ2) is 6.12. The molecule has 0 bridgehead atoms. The quantitative estimate of drug-likeness (QED) is 0.933. The lowest BCUT2D eigenvalue weighted by Crippen LogP contribution is -2.04. The first-order chi connectivity index (χ1) is 9.62. The van der Waals surface area contributed by atoms with E-state index in [9.17, 15) is 4.39 Å². The molecule has 0 aliphatic heterocycles. The van der Waals surface area contributed by atoms with E-state index in [2.05, 4.69) is 20.3 Å². The fourth-order valence-electron chi connectivity index (χ4n) is 1.40. The Morgan fingerprint density at radius 1 is 1.40 bits per heavy atom. The van der Waals surface area contributed by atoms with Gasteiger partial charge in [0.1, 0.15) is 11.9 Å². The molecule has 0 atom stereocenters. The number of hydrogen-bond donors (Lipinski definition) is 1. The molecule has 0 saturated heterocycles. The van der Waals surface area contributed by atoms with Gasteiger partial charge in [0.25, 0.3) is 0 Å². The van der Waals surface area contributed by atoms with Crippen LogP contribution in [0.25, 0.3) is 0 Å². The molecule has 102 valence electrons. The Balaban J connectivity index is 2.28. The third kappa shape index (κ3) is 3.30. The molecule has 0 unspecified atom stereocenters. The van der Waals surface area contributed by atoms with E-state index < -0.39 is 5.82 Å². The second-order valence-corrected chi connectivity index (χ2v) is 3.91. The highest BCUT2D eigenvalue weighted by Crippen LogP contribution is 2.19. The minimum Gasteiger partial charge on any atom is -0.464 e. The number of rotatable bonds is 4. The van der Waals surface area contributed by atoms with Crippen LogP contribution < -0.4 is 10.1 Å². The molecule has 0 amide bonds. The van der Waals surface area contributed by atoms with E-state index in [1.807, 2.05) is 0 Å². The number of aromatic nitrogens is 3. The number of nitrogens with zero attached hydrogens (tertiary/aromatic N) is 4. The van der Waals surface area contributed by atoms with E-state index in [0.29, 0.717) is 12.3 Å². The van der Waals surface area contributed by atoms with Crippen LogP contribution >= 0.6 is 11.6 Å². The molecule has 0 radical (unpaired) electrons. The third-order valence-electron chi connectivity index (χ3n) is 2.20. The molecule has 0 fully saturated rings. The summed E-state index contributed by atoms with van der Waals surface area (Å²) in [5.41, 5.74) is 0.368. The molecule has 1 aromatic heterocycles. The van der Waals surface area contributed by atoms with Crippen molar-refractivity contribution in [2.24, 2.45) is 0 Å². The van der Waals surface area contributed by atoms with Gasteiger partial charge < -0.3 is 10.1 Å². The predicted octanol–water partition coefficient (Wildman–Crippen LogP) is 2.68. The summed E-state index contributed by atoms with van der Waals surface area (Å²) in [4.78, 5) is 11.6. The number of hydrogen-bond acceptors (Lipinski definition) is 6. The van der Waals surface area contributed by atoms with Crippen LogP contribution in [0, 0.1) is 17.1 Å². The van der Waals surface area contributed by atoms with Gasteiger partial charge in [-0.05, 0) is 36.7 Å². The van der Waals surface area contributed by atoms with Crippen LogP contribution in [0.15, 0.2) is 18.2 Å². The van der Waals surface area contributed by atoms with E-state index in [4.69, 9.17) is 21.6 Å². The molecule has 6 nitrogen and oxygen atoms in total. The Bertz CT molecular complexity index is 673. The van der Waals surface area contributed by atoms with Gasteiger partial charge in [-0.25, -0.2) is 4.39 Å². The van der Waals surface area contributed by atoms with Crippen molar-refractivity contribution < 1.29 is 9.13 Å². The summed E-state index contributed by atoms with van der Waals surface area (Å²) in [5.74, 6) is -0.453. The summed E-state index contributed by atoms with van der Waals surface area (Å²) in [7, 11) is 0. The summed E-state index contributed by atoms with van der Waals surface area (Å²) >= 11 is 5.74. The van der Waals surface area contributed by atoms with E-state index in [1.165, 1.54) is 18.2 Å². The van der Waals surface area contributed by atoms with Gasteiger partial charge >= 0.3 is 6.01 Å². The molecule has 1 heterocycles. The molecule has 0 saturated carbocycles. The van der Waals surface area contributed by atoms with Crippen molar-refractivity contribution in [3.05, 3.63) is 34.9 Å². The average molecular weight is 294 g/mol. The second-order valence-electron chi connectivity index (χ2n) is 3.58. The topological polar surface area (TPSA) is 83.7 Å². The van der Waals surface area contributed by atoms with Crippen molar-refractivity contribution in [1.82, 2.24) is 15.0 Å².